The van der Waals surface area contributed by atoms with Crippen LogP contribution in [0.25, 0.3) is 0 Å². The molecule has 1 aliphatic heterocycles. The monoisotopic (exact) mass is 423 g/mol. The molecule has 1 fully saturated rings. The number of rotatable bonds is 5. The third-order valence-corrected chi connectivity index (χ3v) is 5.62. The highest BCUT2D eigenvalue weighted by Crippen LogP contribution is 2.29. The molecular formula is C18H20F3N7S. The van der Waals surface area contributed by atoms with E-state index in [1.54, 1.807) is 6.07 Å². The van der Waals surface area contributed by atoms with Crippen LogP contribution in [0.4, 0.5) is 24.3 Å². The molecule has 0 spiro atoms. The molecule has 154 valence electrons. The topological polar surface area (TPSA) is 71.8 Å². The average Bonchev–Trinajstić information content (AvgIpc) is 3.31. The maximum Gasteiger partial charge on any atom is 0.416 e. The Kier molecular flexibility index (Phi) is 5.39. The van der Waals surface area contributed by atoms with Crippen molar-refractivity contribution in [2.24, 2.45) is 0 Å². The molecule has 0 saturated carbocycles. The molecule has 11 heteroatoms. The zero-order valence-electron chi connectivity index (χ0n) is 15.7. The normalized spacial score (nSPS) is 15.7. The summed E-state index contributed by atoms with van der Waals surface area (Å²) in [5.41, 5.74) is -0.136. The first-order valence-electron chi connectivity index (χ1n) is 9.24. The minimum Gasteiger partial charge on any atom is -0.350 e. The smallest absolute Gasteiger partial charge is 0.350 e. The van der Waals surface area contributed by atoms with E-state index in [2.05, 4.69) is 29.7 Å². The van der Waals surface area contributed by atoms with E-state index in [1.165, 1.54) is 28.6 Å². The van der Waals surface area contributed by atoms with Crippen LogP contribution in [-0.4, -0.2) is 43.3 Å². The fraction of sp³-hybridized carbons (Fsp3) is 0.444. The van der Waals surface area contributed by atoms with Gasteiger partial charge in [0, 0.05) is 30.7 Å². The molecule has 0 aliphatic carbocycles. The summed E-state index contributed by atoms with van der Waals surface area (Å²) in [6.07, 6.45) is -0.989. The summed E-state index contributed by atoms with van der Waals surface area (Å²) < 4.78 is 44.3. The quantitative estimate of drug-likeness (QED) is 0.676. The highest BCUT2D eigenvalue weighted by atomic mass is 32.1. The number of aryl methyl sites for hydroxylation is 1. The lowest BCUT2D eigenvalue weighted by Gasteiger charge is -2.31. The van der Waals surface area contributed by atoms with Crippen LogP contribution in [0.2, 0.25) is 0 Å². The minimum atomic E-state index is -4.35. The number of aromatic nitrogens is 5. The Bertz CT molecular complexity index is 960. The van der Waals surface area contributed by atoms with Gasteiger partial charge in [0.15, 0.2) is 0 Å². The van der Waals surface area contributed by atoms with Gasteiger partial charge in [-0.2, -0.15) is 17.5 Å². The van der Waals surface area contributed by atoms with E-state index < -0.39 is 11.7 Å². The Morgan fingerprint density at radius 2 is 2.03 bits per heavy atom. The summed E-state index contributed by atoms with van der Waals surface area (Å²) in [6, 6.07) is 5.49. The van der Waals surface area contributed by atoms with Gasteiger partial charge in [0.25, 0.3) is 0 Å². The van der Waals surface area contributed by atoms with Gasteiger partial charge in [0.2, 0.25) is 11.1 Å². The number of benzene rings is 1. The van der Waals surface area contributed by atoms with Gasteiger partial charge in [-0.05, 0) is 37.5 Å². The predicted octanol–water partition coefficient (Wildman–Crippen LogP) is 3.59. The van der Waals surface area contributed by atoms with Crippen LogP contribution in [0.15, 0.2) is 30.6 Å². The van der Waals surface area contributed by atoms with Gasteiger partial charge in [0.05, 0.1) is 12.1 Å². The first kappa shape index (κ1) is 19.6. The highest BCUT2D eigenvalue weighted by Gasteiger charge is 2.30. The number of nitrogens with one attached hydrogen (secondary N) is 1. The Balaban J connectivity index is 1.32. The third kappa shape index (κ3) is 4.84. The number of halogens is 3. The molecule has 0 amide bonds. The molecule has 1 saturated heterocycles. The second-order valence-electron chi connectivity index (χ2n) is 6.99. The van der Waals surface area contributed by atoms with Crippen molar-refractivity contribution < 1.29 is 13.2 Å². The van der Waals surface area contributed by atoms with E-state index in [4.69, 9.17) is 0 Å². The predicted molar refractivity (Wildman–Crippen MR) is 104 cm³/mol. The Hall–Kier alpha value is -2.69. The molecule has 3 aromatic rings. The Morgan fingerprint density at radius 1 is 1.24 bits per heavy atom. The standard InChI is InChI=1S/C18H20F3N7S/c1-12-23-17(29-26-12)27-7-5-15(6-8-27)24-16-22-11-28(25-16)10-13-3-2-4-14(9-13)18(19,20)21/h2-4,9,11,15H,5-8,10H2,1H3,(H,24,25). The third-order valence-electron chi connectivity index (χ3n) is 4.75. The van der Waals surface area contributed by atoms with Gasteiger partial charge in [-0.25, -0.2) is 14.6 Å². The number of hydrogen-bond donors (Lipinski definition) is 1. The fourth-order valence-electron chi connectivity index (χ4n) is 3.28. The van der Waals surface area contributed by atoms with Crippen LogP contribution >= 0.6 is 11.5 Å². The van der Waals surface area contributed by atoms with Gasteiger partial charge in [0.1, 0.15) is 12.2 Å². The van der Waals surface area contributed by atoms with E-state index in [0.29, 0.717) is 11.5 Å². The van der Waals surface area contributed by atoms with Crippen molar-refractivity contribution in [2.75, 3.05) is 23.3 Å². The Morgan fingerprint density at radius 3 is 2.72 bits per heavy atom. The molecule has 1 aliphatic rings. The van der Waals surface area contributed by atoms with Gasteiger partial charge in [-0.3, -0.25) is 0 Å². The minimum absolute atomic E-state index is 0.230. The summed E-state index contributed by atoms with van der Waals surface area (Å²) >= 11 is 1.41. The lowest BCUT2D eigenvalue weighted by Crippen LogP contribution is -2.39. The molecule has 29 heavy (non-hydrogen) atoms. The molecular weight excluding hydrogens is 403 g/mol. The Labute approximate surface area is 169 Å². The lowest BCUT2D eigenvalue weighted by atomic mass is 10.1. The van der Waals surface area contributed by atoms with Crippen molar-refractivity contribution in [3.63, 3.8) is 0 Å². The van der Waals surface area contributed by atoms with Crippen molar-refractivity contribution in [1.29, 1.82) is 0 Å². The van der Waals surface area contributed by atoms with Crippen molar-refractivity contribution in [1.82, 2.24) is 24.1 Å². The molecule has 0 unspecified atom stereocenters. The van der Waals surface area contributed by atoms with Crippen LogP contribution in [0.5, 0.6) is 0 Å². The first-order valence-corrected chi connectivity index (χ1v) is 10.0. The van der Waals surface area contributed by atoms with E-state index in [0.717, 1.165) is 49.0 Å². The number of hydrogen-bond acceptors (Lipinski definition) is 7. The zero-order chi connectivity index (χ0) is 20.4. The average molecular weight is 423 g/mol. The van der Waals surface area contributed by atoms with Crippen LogP contribution < -0.4 is 10.2 Å². The van der Waals surface area contributed by atoms with Gasteiger partial charge >= 0.3 is 6.18 Å². The second kappa shape index (κ2) is 7.97. The van der Waals surface area contributed by atoms with Crippen LogP contribution in [-0.2, 0) is 12.7 Å². The van der Waals surface area contributed by atoms with Crippen LogP contribution in [0.3, 0.4) is 0 Å². The van der Waals surface area contributed by atoms with E-state index in [-0.39, 0.29) is 12.6 Å². The summed E-state index contributed by atoms with van der Waals surface area (Å²) in [4.78, 5) is 10.9. The SMILES string of the molecule is Cc1nsc(N2CCC(Nc3ncn(Cc4cccc(C(F)(F)F)c4)n3)CC2)n1. The van der Waals surface area contributed by atoms with Gasteiger partial charge in [-0.15, -0.1) is 5.10 Å². The maximum absolute atomic E-state index is 12.9. The van der Waals surface area contributed by atoms with E-state index in [9.17, 15) is 13.2 Å². The highest BCUT2D eigenvalue weighted by molar-refractivity contribution is 7.09. The first-order chi connectivity index (χ1) is 13.9. The van der Waals surface area contributed by atoms with Crippen molar-refractivity contribution >= 4 is 22.6 Å². The van der Waals surface area contributed by atoms with E-state index >= 15 is 0 Å². The second-order valence-corrected chi connectivity index (χ2v) is 7.72. The molecule has 0 atom stereocenters. The van der Waals surface area contributed by atoms with Gasteiger partial charge < -0.3 is 10.2 Å². The van der Waals surface area contributed by atoms with Gasteiger partial charge in [-0.1, -0.05) is 12.1 Å². The molecule has 3 heterocycles. The number of anilines is 2. The summed E-state index contributed by atoms with van der Waals surface area (Å²) in [5, 5.41) is 8.62. The lowest BCUT2D eigenvalue weighted by molar-refractivity contribution is -0.137. The van der Waals surface area contributed by atoms with Crippen molar-refractivity contribution in [3.05, 3.63) is 47.5 Å². The summed E-state index contributed by atoms with van der Waals surface area (Å²) in [6.45, 7) is 3.86. The van der Waals surface area contributed by atoms with E-state index in [1.807, 2.05) is 6.92 Å². The summed E-state index contributed by atoms with van der Waals surface area (Å²) in [7, 11) is 0. The number of piperidine rings is 1. The molecule has 4 rings (SSSR count). The fourth-order valence-corrected chi connectivity index (χ4v) is 4.01. The summed E-state index contributed by atoms with van der Waals surface area (Å²) in [5.74, 6) is 1.28. The zero-order valence-corrected chi connectivity index (χ0v) is 16.5. The maximum atomic E-state index is 12.9. The number of alkyl halides is 3. The molecule has 0 radical (unpaired) electrons. The van der Waals surface area contributed by atoms with Crippen molar-refractivity contribution in [2.45, 2.75) is 38.5 Å². The molecule has 1 aromatic carbocycles. The molecule has 2 aromatic heterocycles. The molecule has 0 bridgehead atoms. The number of nitrogens with zero attached hydrogens (tertiary/aromatic N) is 6. The van der Waals surface area contributed by atoms with Crippen LogP contribution in [0.1, 0.15) is 29.8 Å². The molecule has 1 N–H and O–H groups in total. The van der Waals surface area contributed by atoms with Crippen LogP contribution in [0, 0.1) is 6.92 Å². The largest absolute Gasteiger partial charge is 0.416 e. The van der Waals surface area contributed by atoms with Crippen molar-refractivity contribution in [3.8, 4) is 0 Å². The molecule has 7 nitrogen and oxygen atoms in total.